The molecule has 7 heteroatoms. The van der Waals surface area contributed by atoms with Crippen LogP contribution < -0.4 is 5.32 Å². The highest BCUT2D eigenvalue weighted by atomic mass is 16.5. The van der Waals surface area contributed by atoms with E-state index in [0.29, 0.717) is 19.6 Å². The van der Waals surface area contributed by atoms with Crippen molar-refractivity contribution in [1.82, 2.24) is 25.0 Å². The number of hydrogen-bond acceptors (Lipinski definition) is 4. The van der Waals surface area contributed by atoms with Crippen LogP contribution in [0.15, 0.2) is 36.7 Å². The van der Waals surface area contributed by atoms with Gasteiger partial charge in [0.25, 0.3) is 0 Å². The molecule has 0 radical (unpaired) electrons. The summed E-state index contributed by atoms with van der Waals surface area (Å²) in [6.45, 7) is 4.76. The molecule has 1 aromatic carbocycles. The highest BCUT2D eigenvalue weighted by molar-refractivity contribution is 5.82. The molecule has 4 rings (SSSR count). The molecule has 154 valence electrons. The second-order valence-corrected chi connectivity index (χ2v) is 7.78. The second kappa shape index (κ2) is 8.39. The van der Waals surface area contributed by atoms with Crippen molar-refractivity contribution in [2.24, 2.45) is 13.0 Å². The van der Waals surface area contributed by atoms with Crippen molar-refractivity contribution in [3.8, 4) is 0 Å². The number of fused-ring (bicyclic) bond motifs is 1. The highest BCUT2D eigenvalue weighted by Gasteiger charge is 2.41. The summed E-state index contributed by atoms with van der Waals surface area (Å²) >= 11 is 0. The average Bonchev–Trinajstić information content (AvgIpc) is 3.40. The smallest absolute Gasteiger partial charge is 0.223 e. The van der Waals surface area contributed by atoms with Gasteiger partial charge in [-0.25, -0.2) is 0 Å². The van der Waals surface area contributed by atoms with Gasteiger partial charge in [-0.05, 0) is 24.6 Å². The number of H-pyrrole nitrogens is 1. The van der Waals surface area contributed by atoms with Gasteiger partial charge in [0.05, 0.1) is 18.8 Å². The molecule has 1 amide bonds. The third kappa shape index (κ3) is 3.80. The van der Waals surface area contributed by atoms with Crippen LogP contribution in [0, 0.1) is 12.8 Å². The van der Waals surface area contributed by atoms with Crippen LogP contribution in [0.5, 0.6) is 0 Å². The number of carbonyl (C=O) groups excluding carboxylic acids is 1. The van der Waals surface area contributed by atoms with E-state index in [-0.39, 0.29) is 17.9 Å². The number of aromatic nitrogens is 3. The van der Waals surface area contributed by atoms with Gasteiger partial charge in [-0.1, -0.05) is 12.1 Å². The first-order valence-corrected chi connectivity index (χ1v) is 10.1. The van der Waals surface area contributed by atoms with Gasteiger partial charge in [0, 0.05) is 74.5 Å². The average molecular weight is 396 g/mol. The Morgan fingerprint density at radius 1 is 1.34 bits per heavy atom. The van der Waals surface area contributed by atoms with Gasteiger partial charge < -0.3 is 19.9 Å². The highest BCUT2D eigenvalue weighted by Crippen LogP contribution is 2.38. The van der Waals surface area contributed by atoms with E-state index < -0.39 is 0 Å². The Hall–Kier alpha value is -2.64. The fraction of sp³-hybridized carbons (Fsp3) is 0.455. The topological polar surface area (TPSA) is 75.2 Å². The largest absolute Gasteiger partial charge is 0.383 e. The van der Waals surface area contributed by atoms with Crippen LogP contribution in [0.4, 0.5) is 0 Å². The van der Waals surface area contributed by atoms with Gasteiger partial charge in [-0.2, -0.15) is 5.10 Å². The zero-order valence-electron chi connectivity index (χ0n) is 17.3. The van der Waals surface area contributed by atoms with Gasteiger partial charge >= 0.3 is 0 Å². The minimum atomic E-state index is 0.0295. The lowest BCUT2D eigenvalue weighted by Gasteiger charge is -2.28. The Balaban J connectivity index is 1.50. The molecular formula is C22H29N5O2. The summed E-state index contributed by atoms with van der Waals surface area (Å²) in [5.41, 5.74) is 4.65. The molecule has 3 heterocycles. The first-order valence-electron chi connectivity index (χ1n) is 10.1. The molecule has 2 N–H and O–H groups in total. The Bertz CT molecular complexity index is 992. The van der Waals surface area contributed by atoms with Crippen LogP contribution in [0.2, 0.25) is 0 Å². The van der Waals surface area contributed by atoms with Crippen molar-refractivity contribution < 1.29 is 9.53 Å². The SMILES string of the molecule is COCCN1C(=O)C[C@@H](CNCc2cccc3[nH]ccc23)[C@@H]1c1cnn(C)c1C. The summed E-state index contributed by atoms with van der Waals surface area (Å²) in [5, 5.41) is 9.25. The number of aryl methyl sites for hydroxylation is 1. The molecule has 0 bridgehead atoms. The predicted molar refractivity (Wildman–Crippen MR) is 112 cm³/mol. The molecule has 2 aromatic heterocycles. The zero-order valence-corrected chi connectivity index (χ0v) is 17.3. The van der Waals surface area contributed by atoms with Gasteiger partial charge in [0.1, 0.15) is 0 Å². The number of benzene rings is 1. The fourth-order valence-corrected chi connectivity index (χ4v) is 4.42. The fourth-order valence-electron chi connectivity index (χ4n) is 4.42. The number of methoxy groups -OCH3 is 1. The Morgan fingerprint density at radius 2 is 2.21 bits per heavy atom. The van der Waals surface area contributed by atoms with Gasteiger partial charge in [0.15, 0.2) is 0 Å². The van der Waals surface area contributed by atoms with E-state index in [1.807, 2.05) is 29.0 Å². The van der Waals surface area contributed by atoms with Crippen molar-refractivity contribution >= 4 is 16.8 Å². The molecule has 0 unspecified atom stereocenters. The van der Waals surface area contributed by atoms with Crippen molar-refractivity contribution in [2.75, 3.05) is 26.8 Å². The predicted octanol–water partition coefficient (Wildman–Crippen LogP) is 2.54. The summed E-state index contributed by atoms with van der Waals surface area (Å²) in [7, 11) is 3.62. The molecular weight excluding hydrogens is 366 g/mol. The maximum atomic E-state index is 12.8. The third-order valence-electron chi connectivity index (χ3n) is 6.07. The van der Waals surface area contributed by atoms with E-state index in [1.54, 1.807) is 7.11 Å². The van der Waals surface area contributed by atoms with Crippen molar-refractivity contribution in [1.29, 1.82) is 0 Å². The number of aromatic amines is 1. The lowest BCUT2D eigenvalue weighted by molar-refractivity contribution is -0.129. The number of ether oxygens (including phenoxy) is 1. The van der Waals surface area contributed by atoms with E-state index in [1.165, 1.54) is 10.9 Å². The molecule has 0 saturated carbocycles. The van der Waals surface area contributed by atoms with Crippen LogP contribution in [0.3, 0.4) is 0 Å². The van der Waals surface area contributed by atoms with E-state index in [4.69, 9.17) is 4.74 Å². The van der Waals surface area contributed by atoms with Gasteiger partial charge in [-0.15, -0.1) is 0 Å². The summed E-state index contributed by atoms with van der Waals surface area (Å²) < 4.78 is 7.12. The van der Waals surface area contributed by atoms with Crippen LogP contribution in [0.25, 0.3) is 10.9 Å². The number of rotatable bonds is 8. The van der Waals surface area contributed by atoms with E-state index in [9.17, 15) is 4.79 Å². The molecule has 29 heavy (non-hydrogen) atoms. The van der Waals surface area contributed by atoms with Crippen molar-refractivity contribution in [2.45, 2.75) is 25.9 Å². The first-order chi connectivity index (χ1) is 14.1. The molecule has 1 saturated heterocycles. The van der Waals surface area contributed by atoms with E-state index >= 15 is 0 Å². The molecule has 1 aliphatic rings. The third-order valence-corrected chi connectivity index (χ3v) is 6.07. The summed E-state index contributed by atoms with van der Waals surface area (Å²) in [6, 6.07) is 8.45. The van der Waals surface area contributed by atoms with Gasteiger partial charge in [0.2, 0.25) is 5.91 Å². The molecule has 2 atom stereocenters. The number of hydrogen-bond donors (Lipinski definition) is 2. The molecule has 1 fully saturated rings. The zero-order chi connectivity index (χ0) is 20.4. The molecule has 0 spiro atoms. The van der Waals surface area contributed by atoms with Crippen LogP contribution in [-0.4, -0.2) is 52.4 Å². The lowest BCUT2D eigenvalue weighted by Crippen LogP contribution is -2.34. The lowest BCUT2D eigenvalue weighted by atomic mass is 9.93. The first kappa shape index (κ1) is 19.7. The Morgan fingerprint density at radius 3 is 2.97 bits per heavy atom. The Kier molecular flexibility index (Phi) is 5.69. The summed E-state index contributed by atoms with van der Waals surface area (Å²) in [4.78, 5) is 18.0. The number of nitrogens with one attached hydrogen (secondary N) is 2. The number of likely N-dealkylation sites (tertiary alicyclic amines) is 1. The number of carbonyl (C=O) groups is 1. The standard InChI is InChI=1S/C22H29N5O2/c1-15-19(14-25-26(15)2)22-17(11-21(28)27(22)9-10-29-3)13-23-12-16-5-4-6-20-18(16)7-8-24-20/h4-8,14,17,22-24H,9-13H2,1-3H3/t17-,22+/m0/s1. The maximum Gasteiger partial charge on any atom is 0.223 e. The quantitative estimate of drug-likeness (QED) is 0.615. The minimum absolute atomic E-state index is 0.0295. The van der Waals surface area contributed by atoms with Crippen molar-refractivity contribution in [3.05, 3.63) is 53.5 Å². The van der Waals surface area contributed by atoms with Crippen LogP contribution in [-0.2, 0) is 23.1 Å². The van der Waals surface area contributed by atoms with Crippen LogP contribution in [0.1, 0.15) is 29.3 Å². The molecule has 0 aliphatic carbocycles. The Labute approximate surface area is 171 Å². The minimum Gasteiger partial charge on any atom is -0.383 e. The van der Waals surface area contributed by atoms with E-state index in [0.717, 1.165) is 29.9 Å². The number of nitrogens with zero attached hydrogens (tertiary/aromatic N) is 3. The van der Waals surface area contributed by atoms with E-state index in [2.05, 4.69) is 46.6 Å². The normalized spacial score (nSPS) is 19.6. The maximum absolute atomic E-state index is 12.8. The van der Waals surface area contributed by atoms with Gasteiger partial charge in [-0.3, -0.25) is 9.48 Å². The van der Waals surface area contributed by atoms with Crippen LogP contribution >= 0.6 is 0 Å². The van der Waals surface area contributed by atoms with Crippen molar-refractivity contribution in [3.63, 3.8) is 0 Å². The monoisotopic (exact) mass is 395 g/mol. The molecule has 3 aromatic rings. The molecule has 7 nitrogen and oxygen atoms in total. The second-order valence-electron chi connectivity index (χ2n) is 7.78. The summed E-state index contributed by atoms with van der Waals surface area (Å²) in [5.74, 6) is 0.391. The number of amides is 1. The molecule has 1 aliphatic heterocycles. The summed E-state index contributed by atoms with van der Waals surface area (Å²) in [6.07, 6.45) is 4.43.